The summed E-state index contributed by atoms with van der Waals surface area (Å²) in [5.74, 6) is 0.534. The summed E-state index contributed by atoms with van der Waals surface area (Å²) in [4.78, 5) is 30.9. The van der Waals surface area contributed by atoms with Crippen molar-refractivity contribution < 1.29 is 23.8 Å². The van der Waals surface area contributed by atoms with E-state index in [0.29, 0.717) is 17.9 Å². The molecule has 1 N–H and O–H groups in total. The van der Waals surface area contributed by atoms with Crippen molar-refractivity contribution in [1.82, 2.24) is 9.88 Å². The van der Waals surface area contributed by atoms with E-state index in [0.717, 1.165) is 33.5 Å². The summed E-state index contributed by atoms with van der Waals surface area (Å²) in [6.45, 7) is 0. The van der Waals surface area contributed by atoms with Crippen LogP contribution in [0.5, 0.6) is 17.2 Å². The number of H-pyrrole nitrogens is 1. The molecule has 7 nitrogen and oxygen atoms in total. The van der Waals surface area contributed by atoms with Gasteiger partial charge in [-0.05, 0) is 41.5 Å². The molecule has 0 unspecified atom stereocenters. The Labute approximate surface area is 179 Å². The number of amides is 2. The van der Waals surface area contributed by atoms with Gasteiger partial charge >= 0.3 is 0 Å². The minimum Gasteiger partial charge on any atom is -0.497 e. The third kappa shape index (κ3) is 2.72. The third-order valence-corrected chi connectivity index (χ3v) is 6.69. The highest BCUT2D eigenvalue weighted by Gasteiger charge is 2.54. The summed E-state index contributed by atoms with van der Waals surface area (Å²) in [6.07, 6.45) is 0.510. The highest BCUT2D eigenvalue weighted by molar-refractivity contribution is 6.06. The van der Waals surface area contributed by atoms with Gasteiger partial charge in [0.05, 0.1) is 33.2 Å². The van der Waals surface area contributed by atoms with Crippen LogP contribution in [0.15, 0.2) is 36.4 Å². The summed E-state index contributed by atoms with van der Waals surface area (Å²) < 4.78 is 16.4. The van der Waals surface area contributed by atoms with Crippen LogP contribution < -0.4 is 14.2 Å². The molecule has 2 heterocycles. The Balaban J connectivity index is 1.78. The topological polar surface area (TPSA) is 80.9 Å². The van der Waals surface area contributed by atoms with Gasteiger partial charge < -0.3 is 19.2 Å². The molecule has 7 heteroatoms. The van der Waals surface area contributed by atoms with Gasteiger partial charge in [0.25, 0.3) is 0 Å². The van der Waals surface area contributed by atoms with Crippen molar-refractivity contribution >= 4 is 22.7 Å². The lowest BCUT2D eigenvalue weighted by Crippen LogP contribution is -2.32. The first-order valence-electron chi connectivity index (χ1n) is 10.2. The van der Waals surface area contributed by atoms with Gasteiger partial charge in [-0.3, -0.25) is 14.5 Å². The number of nitrogens with zero attached hydrogens (tertiary/aromatic N) is 1. The van der Waals surface area contributed by atoms with Crippen LogP contribution in [0.1, 0.15) is 22.7 Å². The zero-order chi connectivity index (χ0) is 21.9. The summed E-state index contributed by atoms with van der Waals surface area (Å²) in [7, 11) is 6.39. The SMILES string of the molecule is COc1ccc2[nH]c3c(c2c1)[C@H](c1ccc(OC)c(OC)c1)[C@@H]1C(=O)N(C)C(=O)[C@@H]1C3. The van der Waals surface area contributed by atoms with Crippen LogP contribution in [0.25, 0.3) is 10.9 Å². The van der Waals surface area contributed by atoms with Gasteiger partial charge in [0.15, 0.2) is 11.5 Å². The van der Waals surface area contributed by atoms with Crippen molar-refractivity contribution in [2.45, 2.75) is 12.3 Å². The van der Waals surface area contributed by atoms with Crippen LogP contribution in [-0.2, 0) is 16.0 Å². The van der Waals surface area contributed by atoms with E-state index in [9.17, 15) is 9.59 Å². The number of likely N-dealkylation sites (tertiary alicyclic amines) is 1. The molecule has 1 fully saturated rings. The highest BCUT2D eigenvalue weighted by atomic mass is 16.5. The van der Waals surface area contributed by atoms with Gasteiger partial charge in [0.2, 0.25) is 11.8 Å². The van der Waals surface area contributed by atoms with E-state index in [2.05, 4.69) is 4.98 Å². The number of rotatable bonds is 4. The smallest absolute Gasteiger partial charge is 0.233 e. The standard InChI is InChI=1S/C24H24N2O5/c1-26-23(27)15-11-17-21(14-10-13(29-2)6-7-16(14)25-17)20(22(15)24(26)28)12-5-8-18(30-3)19(9-12)31-4/h5-10,15,20,22,25H,11H2,1-4H3/t15-,20+,22-/m1/s1. The molecule has 160 valence electrons. The first-order valence-corrected chi connectivity index (χ1v) is 10.2. The monoisotopic (exact) mass is 420 g/mol. The van der Waals surface area contributed by atoms with Gasteiger partial charge in [-0.15, -0.1) is 0 Å². The number of fused-ring (bicyclic) bond motifs is 4. The maximum absolute atomic E-state index is 13.2. The van der Waals surface area contributed by atoms with Crippen molar-refractivity contribution in [1.29, 1.82) is 0 Å². The quantitative estimate of drug-likeness (QED) is 0.656. The fourth-order valence-electron chi connectivity index (χ4n) is 5.21. The Kier molecular flexibility index (Phi) is 4.43. The molecule has 1 aromatic heterocycles. The lowest BCUT2D eigenvalue weighted by atomic mass is 9.68. The molecule has 1 aliphatic carbocycles. The molecule has 2 amide bonds. The number of hydrogen-bond acceptors (Lipinski definition) is 5. The van der Waals surface area contributed by atoms with Crippen LogP contribution in [-0.4, -0.2) is 50.1 Å². The maximum Gasteiger partial charge on any atom is 0.233 e. The number of ether oxygens (including phenoxy) is 3. The zero-order valence-electron chi connectivity index (χ0n) is 17.9. The van der Waals surface area contributed by atoms with Gasteiger partial charge in [0, 0.05) is 36.0 Å². The van der Waals surface area contributed by atoms with Gasteiger partial charge in [-0.25, -0.2) is 0 Å². The van der Waals surface area contributed by atoms with Crippen molar-refractivity contribution in [3.63, 3.8) is 0 Å². The van der Waals surface area contributed by atoms with E-state index in [1.54, 1.807) is 28.4 Å². The van der Waals surface area contributed by atoms with E-state index in [4.69, 9.17) is 14.2 Å². The molecule has 5 rings (SSSR count). The van der Waals surface area contributed by atoms with E-state index in [1.165, 1.54) is 4.90 Å². The summed E-state index contributed by atoms with van der Waals surface area (Å²) in [5, 5.41) is 1.00. The number of nitrogens with one attached hydrogen (secondary N) is 1. The molecule has 0 bridgehead atoms. The summed E-state index contributed by atoms with van der Waals surface area (Å²) in [6, 6.07) is 11.6. The van der Waals surface area contributed by atoms with Gasteiger partial charge in [0.1, 0.15) is 5.75 Å². The Morgan fingerprint density at radius 2 is 1.71 bits per heavy atom. The predicted molar refractivity (Wildman–Crippen MR) is 115 cm³/mol. The van der Waals surface area contributed by atoms with Crippen LogP contribution in [0, 0.1) is 11.8 Å². The summed E-state index contributed by atoms with van der Waals surface area (Å²) in [5.41, 5.74) is 3.90. The van der Waals surface area contributed by atoms with Crippen LogP contribution in [0.4, 0.5) is 0 Å². The lowest BCUT2D eigenvalue weighted by Gasteiger charge is -2.32. The molecule has 2 aliphatic rings. The first-order chi connectivity index (χ1) is 15.0. The average molecular weight is 420 g/mol. The number of imide groups is 1. The molecule has 0 spiro atoms. The van der Waals surface area contributed by atoms with Crippen molar-refractivity contribution in [2.24, 2.45) is 11.8 Å². The number of carbonyl (C=O) groups excluding carboxylic acids is 2. The number of aromatic nitrogens is 1. The minimum absolute atomic E-state index is 0.123. The maximum atomic E-state index is 13.2. The molecular formula is C24H24N2O5. The van der Waals surface area contributed by atoms with Crippen molar-refractivity contribution in [3.05, 3.63) is 53.2 Å². The largest absolute Gasteiger partial charge is 0.497 e. The Bertz CT molecular complexity index is 1210. The Morgan fingerprint density at radius 3 is 2.42 bits per heavy atom. The van der Waals surface area contributed by atoms with Gasteiger partial charge in [-0.2, -0.15) is 0 Å². The lowest BCUT2D eigenvalue weighted by molar-refractivity contribution is -0.138. The molecule has 1 saturated heterocycles. The number of aromatic amines is 1. The fraction of sp³-hybridized carbons (Fsp3) is 0.333. The van der Waals surface area contributed by atoms with E-state index in [-0.39, 0.29) is 17.7 Å². The fourth-order valence-corrected chi connectivity index (χ4v) is 5.21. The molecule has 3 atom stereocenters. The van der Waals surface area contributed by atoms with E-state index >= 15 is 0 Å². The molecule has 2 aromatic carbocycles. The zero-order valence-corrected chi connectivity index (χ0v) is 17.9. The Hall–Kier alpha value is -3.48. The van der Waals surface area contributed by atoms with E-state index < -0.39 is 11.8 Å². The number of carbonyl (C=O) groups is 2. The molecule has 31 heavy (non-hydrogen) atoms. The number of benzene rings is 2. The van der Waals surface area contributed by atoms with Gasteiger partial charge in [-0.1, -0.05) is 6.07 Å². The summed E-state index contributed by atoms with van der Waals surface area (Å²) >= 11 is 0. The molecule has 0 saturated carbocycles. The van der Waals surface area contributed by atoms with Crippen molar-refractivity contribution in [3.8, 4) is 17.2 Å². The average Bonchev–Trinajstić information content (AvgIpc) is 3.27. The van der Waals surface area contributed by atoms with Crippen LogP contribution in [0.3, 0.4) is 0 Å². The third-order valence-electron chi connectivity index (χ3n) is 6.69. The van der Waals surface area contributed by atoms with E-state index in [1.807, 2.05) is 36.4 Å². The second-order valence-electron chi connectivity index (χ2n) is 8.09. The first kappa shape index (κ1) is 19.5. The van der Waals surface area contributed by atoms with Crippen LogP contribution in [0.2, 0.25) is 0 Å². The van der Waals surface area contributed by atoms with Crippen LogP contribution >= 0.6 is 0 Å². The number of hydrogen-bond donors (Lipinski definition) is 1. The number of methoxy groups -OCH3 is 3. The molecular weight excluding hydrogens is 396 g/mol. The molecule has 0 radical (unpaired) electrons. The Morgan fingerprint density at radius 1 is 0.935 bits per heavy atom. The molecule has 3 aromatic rings. The second kappa shape index (κ2) is 7.04. The molecule has 1 aliphatic heterocycles. The second-order valence-corrected chi connectivity index (χ2v) is 8.09. The minimum atomic E-state index is -0.465. The normalized spacial score (nSPS) is 22.5. The van der Waals surface area contributed by atoms with Crippen molar-refractivity contribution in [2.75, 3.05) is 28.4 Å². The predicted octanol–water partition coefficient (Wildman–Crippen LogP) is 3.11. The highest BCUT2D eigenvalue weighted by Crippen LogP contribution is 2.51.